The van der Waals surface area contributed by atoms with Gasteiger partial charge in [0.1, 0.15) is 0 Å². The van der Waals surface area contributed by atoms with E-state index in [0.29, 0.717) is 0 Å². The summed E-state index contributed by atoms with van der Waals surface area (Å²) in [5.41, 5.74) is 0. The molecule has 1 unspecified atom stereocenters. The molecule has 144 valence electrons. The van der Waals surface area contributed by atoms with Crippen LogP contribution in [-0.2, 0) is 4.79 Å². The monoisotopic (exact) mass is 400 g/mol. The number of carboxylic acid groups (broad SMARTS) is 1. The van der Waals surface area contributed by atoms with E-state index in [9.17, 15) is 4.79 Å². The van der Waals surface area contributed by atoms with Gasteiger partial charge in [0.05, 0.1) is 0 Å². The Bertz CT molecular complexity index is 303. The molecule has 0 radical (unpaired) electrons. The summed E-state index contributed by atoms with van der Waals surface area (Å²) in [5, 5.41) is 8.59. The zero-order valence-electron chi connectivity index (χ0n) is 15.2. The molecule has 5 heteroatoms. The molecule has 2 nitrogen and oxygen atoms in total. The second kappa shape index (κ2) is 15.6. The maximum Gasteiger partial charge on any atom is 0.303 e. The summed E-state index contributed by atoms with van der Waals surface area (Å²) in [7, 11) is 0. The van der Waals surface area contributed by atoms with Gasteiger partial charge in [0.2, 0.25) is 0 Å². The van der Waals surface area contributed by atoms with Crippen molar-refractivity contribution < 1.29 is 9.90 Å². The van der Waals surface area contributed by atoms with E-state index in [1.54, 1.807) is 0 Å². The summed E-state index contributed by atoms with van der Waals surface area (Å²) in [6.45, 7) is 2.23. The number of rotatable bonds is 16. The number of hydrogen-bond acceptors (Lipinski definition) is 1. The van der Waals surface area contributed by atoms with Crippen LogP contribution < -0.4 is 0 Å². The van der Waals surface area contributed by atoms with Crippen molar-refractivity contribution in [1.82, 2.24) is 0 Å². The van der Waals surface area contributed by atoms with E-state index in [-0.39, 0.29) is 12.3 Å². The Hall–Kier alpha value is 0.340. The number of carboxylic acids is 1. The molecular weight excluding hydrogens is 367 g/mol. The van der Waals surface area contributed by atoms with Gasteiger partial charge in [0, 0.05) is 12.3 Å². The Morgan fingerprint density at radius 3 is 1.62 bits per heavy atom. The van der Waals surface area contributed by atoms with Crippen LogP contribution in [0.5, 0.6) is 0 Å². The molecule has 0 aromatic carbocycles. The Labute approximate surface area is 163 Å². The molecule has 0 aliphatic rings. The molecule has 1 atom stereocenters. The molecular formula is C19H35Cl3O2. The van der Waals surface area contributed by atoms with Crippen LogP contribution in [0.25, 0.3) is 0 Å². The standard InChI is InChI=1S/C19H35Cl3O2/c1-2-3-4-5-8-11-14-17(19(20,21)22)15-12-9-6-7-10-13-16-18(23)24/h17H,2-16H2,1H3,(H,23,24). The fourth-order valence-electron chi connectivity index (χ4n) is 3.02. The molecule has 0 bridgehead atoms. The molecule has 0 aromatic rings. The van der Waals surface area contributed by atoms with Gasteiger partial charge in [-0.1, -0.05) is 112 Å². The number of aliphatic carboxylic acids is 1. The lowest BCUT2D eigenvalue weighted by molar-refractivity contribution is -0.137. The minimum Gasteiger partial charge on any atom is -0.481 e. The molecule has 0 aliphatic carbocycles. The molecule has 0 aromatic heterocycles. The highest BCUT2D eigenvalue weighted by Gasteiger charge is 2.31. The van der Waals surface area contributed by atoms with Gasteiger partial charge >= 0.3 is 5.97 Å². The summed E-state index contributed by atoms with van der Waals surface area (Å²) >= 11 is 18.4. The minimum atomic E-state index is -1.15. The van der Waals surface area contributed by atoms with E-state index in [4.69, 9.17) is 39.9 Å². The summed E-state index contributed by atoms with van der Waals surface area (Å²) in [4.78, 5) is 10.4. The third kappa shape index (κ3) is 15.8. The van der Waals surface area contributed by atoms with Crippen molar-refractivity contribution in [1.29, 1.82) is 0 Å². The maximum absolute atomic E-state index is 10.4. The molecule has 0 saturated carbocycles. The van der Waals surface area contributed by atoms with Crippen LogP contribution in [-0.4, -0.2) is 14.9 Å². The highest BCUT2D eigenvalue weighted by atomic mass is 35.6. The predicted molar refractivity (Wildman–Crippen MR) is 106 cm³/mol. The van der Waals surface area contributed by atoms with E-state index in [1.165, 1.54) is 32.1 Å². The molecule has 0 rings (SSSR count). The maximum atomic E-state index is 10.4. The first-order chi connectivity index (χ1) is 11.4. The molecule has 0 heterocycles. The summed E-state index contributed by atoms with van der Waals surface area (Å²) in [6, 6.07) is 0. The zero-order valence-corrected chi connectivity index (χ0v) is 17.4. The van der Waals surface area contributed by atoms with E-state index >= 15 is 0 Å². The number of unbranched alkanes of at least 4 members (excludes halogenated alkanes) is 10. The minimum absolute atomic E-state index is 0.153. The SMILES string of the molecule is CCCCCCCCC(CCCCCCCCC(=O)O)C(Cl)(Cl)Cl. The second-order valence-corrected chi connectivity index (χ2v) is 9.22. The first kappa shape index (κ1) is 24.3. The fraction of sp³-hybridized carbons (Fsp3) is 0.947. The van der Waals surface area contributed by atoms with E-state index in [0.717, 1.165) is 57.8 Å². The van der Waals surface area contributed by atoms with Gasteiger partial charge in [-0.05, 0) is 19.3 Å². The van der Waals surface area contributed by atoms with Crippen molar-refractivity contribution in [3.05, 3.63) is 0 Å². The van der Waals surface area contributed by atoms with Crippen LogP contribution >= 0.6 is 34.8 Å². The molecule has 0 fully saturated rings. The van der Waals surface area contributed by atoms with Crippen molar-refractivity contribution >= 4 is 40.8 Å². The fourth-order valence-corrected chi connectivity index (χ4v) is 3.67. The van der Waals surface area contributed by atoms with Gasteiger partial charge in [0.15, 0.2) is 3.79 Å². The van der Waals surface area contributed by atoms with E-state index in [1.807, 2.05) is 0 Å². The normalized spacial score (nSPS) is 13.2. The Morgan fingerprint density at radius 2 is 1.21 bits per heavy atom. The number of alkyl halides is 3. The molecule has 0 saturated heterocycles. The van der Waals surface area contributed by atoms with Crippen molar-refractivity contribution in [3.63, 3.8) is 0 Å². The average Bonchev–Trinajstić information content (AvgIpc) is 2.49. The number of hydrogen-bond donors (Lipinski definition) is 1. The molecule has 0 spiro atoms. The van der Waals surface area contributed by atoms with Gasteiger partial charge in [0.25, 0.3) is 0 Å². The van der Waals surface area contributed by atoms with Gasteiger partial charge in [-0.3, -0.25) is 4.79 Å². The van der Waals surface area contributed by atoms with Gasteiger partial charge in [-0.2, -0.15) is 0 Å². The third-order valence-corrected chi connectivity index (χ3v) is 5.49. The molecule has 0 aliphatic heterocycles. The first-order valence-electron chi connectivity index (χ1n) is 9.66. The van der Waals surface area contributed by atoms with Crippen molar-refractivity contribution in [2.45, 2.75) is 107 Å². The molecule has 0 amide bonds. The van der Waals surface area contributed by atoms with E-state index in [2.05, 4.69) is 6.92 Å². The lowest BCUT2D eigenvalue weighted by Gasteiger charge is -2.24. The first-order valence-corrected chi connectivity index (χ1v) is 10.8. The van der Waals surface area contributed by atoms with Crippen LogP contribution in [0, 0.1) is 5.92 Å². The summed E-state index contributed by atoms with van der Waals surface area (Å²) in [5.74, 6) is -0.545. The van der Waals surface area contributed by atoms with Crippen LogP contribution in [0.3, 0.4) is 0 Å². The number of halogens is 3. The third-order valence-electron chi connectivity index (χ3n) is 4.56. The van der Waals surface area contributed by atoms with Gasteiger partial charge in [-0.15, -0.1) is 0 Å². The summed E-state index contributed by atoms with van der Waals surface area (Å²) in [6.07, 6.45) is 16.1. The van der Waals surface area contributed by atoms with E-state index < -0.39 is 9.76 Å². The van der Waals surface area contributed by atoms with Crippen LogP contribution in [0.15, 0.2) is 0 Å². The Kier molecular flexibility index (Phi) is 15.8. The summed E-state index contributed by atoms with van der Waals surface area (Å²) < 4.78 is -1.15. The molecule has 1 N–H and O–H groups in total. The van der Waals surface area contributed by atoms with Crippen LogP contribution in [0.2, 0.25) is 0 Å². The van der Waals surface area contributed by atoms with Gasteiger partial charge < -0.3 is 5.11 Å². The van der Waals surface area contributed by atoms with Gasteiger partial charge in [-0.25, -0.2) is 0 Å². The van der Waals surface area contributed by atoms with Crippen molar-refractivity contribution in [3.8, 4) is 0 Å². The molecule has 24 heavy (non-hydrogen) atoms. The topological polar surface area (TPSA) is 37.3 Å². The van der Waals surface area contributed by atoms with Crippen molar-refractivity contribution in [2.75, 3.05) is 0 Å². The Balaban J connectivity index is 3.71. The highest BCUT2D eigenvalue weighted by Crippen LogP contribution is 2.41. The number of carbonyl (C=O) groups is 1. The lowest BCUT2D eigenvalue weighted by Crippen LogP contribution is -2.19. The quantitative estimate of drug-likeness (QED) is 0.210. The zero-order chi connectivity index (χ0) is 18.3. The lowest BCUT2D eigenvalue weighted by atomic mass is 9.95. The predicted octanol–water partition coefficient (Wildman–Crippen LogP) is 7.93. The smallest absolute Gasteiger partial charge is 0.303 e. The average molecular weight is 402 g/mol. The van der Waals surface area contributed by atoms with Crippen molar-refractivity contribution in [2.24, 2.45) is 5.92 Å². The Morgan fingerprint density at radius 1 is 0.792 bits per heavy atom. The van der Waals surface area contributed by atoms with Crippen LogP contribution in [0.4, 0.5) is 0 Å². The van der Waals surface area contributed by atoms with Crippen LogP contribution in [0.1, 0.15) is 103 Å². The second-order valence-electron chi connectivity index (χ2n) is 6.85. The highest BCUT2D eigenvalue weighted by molar-refractivity contribution is 6.67. The largest absolute Gasteiger partial charge is 0.481 e.